The highest BCUT2D eigenvalue weighted by molar-refractivity contribution is 6.31. The number of esters is 1. The second-order valence-electron chi connectivity index (χ2n) is 11.8. The minimum atomic E-state index is -0.274. The molecule has 1 amide bonds. The number of allylic oxidation sites excluding steroid dienone is 1. The van der Waals surface area contributed by atoms with Crippen LogP contribution in [0, 0.1) is 11.3 Å². The normalized spacial score (nSPS) is 15.7. The molecular formula is C30H46ClNO3. The van der Waals surface area contributed by atoms with Crippen LogP contribution in [-0.2, 0) is 26.2 Å². The topological polar surface area (TPSA) is 46.6 Å². The Hall–Kier alpha value is -1.81. The van der Waals surface area contributed by atoms with Crippen LogP contribution < -0.4 is 0 Å². The summed E-state index contributed by atoms with van der Waals surface area (Å²) in [7, 11) is 1.40. The summed E-state index contributed by atoms with van der Waals surface area (Å²) in [5.41, 5.74) is 3.64. The van der Waals surface area contributed by atoms with Crippen LogP contribution in [0.1, 0.15) is 104 Å². The molecule has 1 aliphatic carbocycles. The number of amides is 1. The van der Waals surface area contributed by atoms with Gasteiger partial charge in [0, 0.05) is 36.5 Å². The third kappa shape index (κ3) is 8.97. The zero-order chi connectivity index (χ0) is 26.2. The molecule has 0 spiro atoms. The minimum absolute atomic E-state index is 0.00506. The Morgan fingerprint density at radius 2 is 1.77 bits per heavy atom. The maximum atomic E-state index is 12.6. The first-order valence-corrected chi connectivity index (χ1v) is 13.6. The van der Waals surface area contributed by atoms with Crippen molar-refractivity contribution in [1.29, 1.82) is 0 Å². The van der Waals surface area contributed by atoms with Crippen LogP contribution in [0.4, 0.5) is 0 Å². The average Bonchev–Trinajstić information content (AvgIpc) is 2.79. The number of carbonyl (C=O) groups excluding carboxylic acids is 2. The number of hydrogen-bond acceptors (Lipinski definition) is 3. The van der Waals surface area contributed by atoms with Crippen molar-refractivity contribution in [2.75, 3.05) is 13.7 Å². The van der Waals surface area contributed by atoms with Crippen molar-refractivity contribution in [2.24, 2.45) is 11.3 Å². The van der Waals surface area contributed by atoms with Crippen LogP contribution in [-0.4, -0.2) is 30.4 Å². The summed E-state index contributed by atoms with van der Waals surface area (Å²) in [5.74, 6) is 0.182. The summed E-state index contributed by atoms with van der Waals surface area (Å²) < 4.78 is 4.77. The highest BCUT2D eigenvalue weighted by Gasteiger charge is 2.33. The van der Waals surface area contributed by atoms with Gasteiger partial charge in [0.1, 0.15) is 0 Å². The fraction of sp³-hybridized carbons (Fsp3) is 0.667. The van der Waals surface area contributed by atoms with E-state index < -0.39 is 0 Å². The fourth-order valence-electron chi connectivity index (χ4n) is 4.98. The lowest BCUT2D eigenvalue weighted by Gasteiger charge is -2.37. The summed E-state index contributed by atoms with van der Waals surface area (Å²) in [5, 5.41) is 0.823. The van der Waals surface area contributed by atoms with Crippen molar-refractivity contribution in [2.45, 2.75) is 105 Å². The van der Waals surface area contributed by atoms with E-state index in [9.17, 15) is 9.59 Å². The first kappa shape index (κ1) is 29.4. The van der Waals surface area contributed by atoms with Crippen LogP contribution in [0.2, 0.25) is 5.02 Å². The molecule has 0 bridgehead atoms. The predicted octanol–water partition coefficient (Wildman–Crippen LogP) is 7.86. The van der Waals surface area contributed by atoms with E-state index in [-0.39, 0.29) is 22.7 Å². The average molecular weight is 504 g/mol. The van der Waals surface area contributed by atoms with Gasteiger partial charge in [0.2, 0.25) is 5.91 Å². The molecule has 0 unspecified atom stereocenters. The largest absolute Gasteiger partial charge is 0.469 e. The van der Waals surface area contributed by atoms with E-state index in [0.717, 1.165) is 30.7 Å². The van der Waals surface area contributed by atoms with Gasteiger partial charge in [0.05, 0.1) is 7.11 Å². The quantitative estimate of drug-likeness (QED) is 0.305. The van der Waals surface area contributed by atoms with Gasteiger partial charge in [-0.3, -0.25) is 9.59 Å². The highest BCUT2D eigenvalue weighted by Crippen LogP contribution is 2.43. The standard InChI is InChI=1S/C30H46ClNO3/c1-22(33)32(19-11-14-28(34)35-7)21-26(23-12-9-8-10-13-23)30(5,6)25-16-15-24(27(31)20-25)17-18-29(2,3)4/h15-16,20-21,23H,8-14,17-19H2,1-7H3/b26-21-. The van der Waals surface area contributed by atoms with E-state index >= 15 is 0 Å². The maximum Gasteiger partial charge on any atom is 0.305 e. The first-order valence-electron chi connectivity index (χ1n) is 13.2. The van der Waals surface area contributed by atoms with Crippen molar-refractivity contribution in [3.8, 4) is 0 Å². The lowest BCUT2D eigenvalue weighted by Crippen LogP contribution is -2.32. The van der Waals surface area contributed by atoms with Gasteiger partial charge < -0.3 is 9.64 Å². The molecule has 1 aromatic carbocycles. The van der Waals surface area contributed by atoms with Crippen LogP contribution >= 0.6 is 11.6 Å². The van der Waals surface area contributed by atoms with Gasteiger partial charge in [-0.05, 0) is 66.2 Å². The Bertz CT molecular complexity index is 891. The lowest BCUT2D eigenvalue weighted by molar-refractivity contribution is -0.141. The molecule has 0 N–H and O–H groups in total. The molecule has 2 rings (SSSR count). The van der Waals surface area contributed by atoms with Crippen LogP contribution in [0.15, 0.2) is 30.0 Å². The number of methoxy groups -OCH3 is 1. The number of rotatable bonds is 10. The number of hydrogen-bond donors (Lipinski definition) is 0. The second-order valence-corrected chi connectivity index (χ2v) is 12.2. The molecule has 1 saturated carbocycles. The van der Waals surface area contributed by atoms with Crippen molar-refractivity contribution < 1.29 is 14.3 Å². The van der Waals surface area contributed by atoms with Crippen molar-refractivity contribution in [3.63, 3.8) is 0 Å². The summed E-state index contributed by atoms with van der Waals surface area (Å²) in [6.07, 6.45) is 11.0. The number of nitrogens with zero attached hydrogens (tertiary/aromatic N) is 1. The molecule has 35 heavy (non-hydrogen) atoms. The Balaban J connectivity index is 2.38. The Labute approximate surface area is 218 Å². The number of carbonyl (C=O) groups is 2. The SMILES string of the molecule is COC(=O)CCCN(/C=C(/C1CCCCC1)C(C)(C)c1ccc(CCC(C)(C)C)c(Cl)c1)C(C)=O. The third-order valence-electron chi connectivity index (χ3n) is 7.39. The molecule has 1 fully saturated rings. The number of ether oxygens (including phenoxy) is 1. The first-order chi connectivity index (χ1) is 16.3. The molecule has 0 saturated heterocycles. The fourth-order valence-corrected chi connectivity index (χ4v) is 5.26. The van der Waals surface area contributed by atoms with Gasteiger partial charge in [0.25, 0.3) is 0 Å². The summed E-state index contributed by atoms with van der Waals surface area (Å²) in [4.78, 5) is 25.9. The predicted molar refractivity (Wildman–Crippen MR) is 146 cm³/mol. The van der Waals surface area contributed by atoms with Gasteiger partial charge in [-0.25, -0.2) is 0 Å². The molecule has 1 aliphatic rings. The number of halogens is 1. The van der Waals surface area contributed by atoms with Gasteiger partial charge >= 0.3 is 5.97 Å². The van der Waals surface area contributed by atoms with Gasteiger partial charge in [-0.2, -0.15) is 0 Å². The summed E-state index contributed by atoms with van der Waals surface area (Å²) in [6.45, 7) is 13.4. The van der Waals surface area contributed by atoms with Crippen molar-refractivity contribution in [1.82, 2.24) is 4.90 Å². The van der Waals surface area contributed by atoms with Crippen molar-refractivity contribution in [3.05, 3.63) is 46.1 Å². The molecule has 5 heteroatoms. The second kappa shape index (κ2) is 12.9. The molecular weight excluding hydrogens is 458 g/mol. The van der Waals surface area contributed by atoms with Crippen LogP contribution in [0.5, 0.6) is 0 Å². The van der Waals surface area contributed by atoms with Gasteiger partial charge in [-0.1, -0.05) is 77.6 Å². The Morgan fingerprint density at radius 1 is 1.11 bits per heavy atom. The molecule has 0 radical (unpaired) electrons. The van der Waals surface area contributed by atoms with E-state index in [4.69, 9.17) is 16.3 Å². The van der Waals surface area contributed by atoms with Gasteiger partial charge in [-0.15, -0.1) is 0 Å². The molecule has 0 heterocycles. The number of benzene rings is 1. The molecule has 196 valence electrons. The van der Waals surface area contributed by atoms with Gasteiger partial charge in [0.15, 0.2) is 0 Å². The lowest BCUT2D eigenvalue weighted by atomic mass is 9.69. The number of aryl methyl sites for hydroxylation is 1. The smallest absolute Gasteiger partial charge is 0.305 e. The molecule has 0 aromatic heterocycles. The van der Waals surface area contributed by atoms with E-state index in [1.807, 2.05) is 0 Å². The van der Waals surface area contributed by atoms with E-state index in [1.165, 1.54) is 43.1 Å². The monoisotopic (exact) mass is 503 g/mol. The molecule has 0 aliphatic heterocycles. The molecule has 1 aromatic rings. The molecule has 0 atom stereocenters. The maximum absolute atomic E-state index is 12.6. The summed E-state index contributed by atoms with van der Waals surface area (Å²) >= 11 is 6.80. The van der Waals surface area contributed by atoms with Crippen LogP contribution in [0.25, 0.3) is 0 Å². The zero-order valence-corrected chi connectivity index (χ0v) is 23.8. The minimum Gasteiger partial charge on any atom is -0.469 e. The zero-order valence-electron chi connectivity index (χ0n) is 23.0. The summed E-state index contributed by atoms with van der Waals surface area (Å²) in [6, 6.07) is 6.53. The highest BCUT2D eigenvalue weighted by atomic mass is 35.5. The van der Waals surface area contributed by atoms with E-state index in [1.54, 1.807) is 11.8 Å². The van der Waals surface area contributed by atoms with E-state index in [2.05, 4.69) is 59.0 Å². The Morgan fingerprint density at radius 3 is 2.31 bits per heavy atom. The third-order valence-corrected chi connectivity index (χ3v) is 7.74. The Kier molecular flexibility index (Phi) is 10.9. The van der Waals surface area contributed by atoms with Crippen LogP contribution in [0.3, 0.4) is 0 Å². The van der Waals surface area contributed by atoms with E-state index in [0.29, 0.717) is 25.3 Å². The van der Waals surface area contributed by atoms with Crippen molar-refractivity contribution >= 4 is 23.5 Å². The molecule has 4 nitrogen and oxygen atoms in total.